The molecule has 0 fully saturated rings. The van der Waals surface area contributed by atoms with Gasteiger partial charge in [0.25, 0.3) is 0 Å². The molecule has 2 heterocycles. The Kier molecular flexibility index (Phi) is 4.16. The van der Waals surface area contributed by atoms with E-state index in [-0.39, 0.29) is 0 Å². The summed E-state index contributed by atoms with van der Waals surface area (Å²) in [7, 11) is 1.93. The van der Waals surface area contributed by atoms with Gasteiger partial charge in [0.15, 0.2) is 5.65 Å². The van der Waals surface area contributed by atoms with Gasteiger partial charge < -0.3 is 0 Å². The SMILES string of the molecule is Cc1nn(C)c2c1nc(CCCl)n2-c1ccc(Cl)cc1I. The molecule has 1 aromatic carbocycles. The van der Waals surface area contributed by atoms with Crippen LogP contribution in [0.3, 0.4) is 0 Å². The number of benzene rings is 1. The van der Waals surface area contributed by atoms with Crippen molar-refractivity contribution < 1.29 is 0 Å². The summed E-state index contributed by atoms with van der Waals surface area (Å²) in [6, 6.07) is 5.83. The fourth-order valence-corrected chi connectivity index (χ4v) is 3.77. The van der Waals surface area contributed by atoms with E-state index in [1.54, 1.807) is 0 Å². The highest BCUT2D eigenvalue weighted by Crippen LogP contribution is 2.28. The van der Waals surface area contributed by atoms with Gasteiger partial charge >= 0.3 is 0 Å². The number of nitrogens with zero attached hydrogens (tertiary/aromatic N) is 4. The molecule has 0 spiro atoms. The lowest BCUT2D eigenvalue weighted by molar-refractivity contribution is 0.750. The van der Waals surface area contributed by atoms with Crippen molar-refractivity contribution in [2.45, 2.75) is 13.3 Å². The number of imidazole rings is 1. The molecule has 0 saturated heterocycles. The Balaban J connectivity index is 2.35. The van der Waals surface area contributed by atoms with Crippen LogP contribution in [0.1, 0.15) is 11.5 Å². The number of halogens is 3. The van der Waals surface area contributed by atoms with Gasteiger partial charge in [-0.25, -0.2) is 9.67 Å². The van der Waals surface area contributed by atoms with Gasteiger partial charge in [-0.05, 0) is 47.7 Å². The van der Waals surface area contributed by atoms with E-state index in [1.165, 1.54) is 0 Å². The number of aromatic nitrogens is 4. The van der Waals surface area contributed by atoms with E-state index in [4.69, 9.17) is 28.2 Å². The van der Waals surface area contributed by atoms with Gasteiger partial charge in [-0.3, -0.25) is 4.57 Å². The minimum atomic E-state index is 0.528. The van der Waals surface area contributed by atoms with Crippen molar-refractivity contribution in [3.05, 3.63) is 38.3 Å². The Bertz CT molecular complexity index is 822. The lowest BCUT2D eigenvalue weighted by Crippen LogP contribution is -2.07. The van der Waals surface area contributed by atoms with Crippen molar-refractivity contribution in [1.29, 1.82) is 0 Å². The quantitative estimate of drug-likeness (QED) is 0.459. The van der Waals surface area contributed by atoms with Gasteiger partial charge in [-0.15, -0.1) is 11.6 Å². The van der Waals surface area contributed by atoms with Crippen molar-refractivity contribution in [2.75, 3.05) is 5.88 Å². The minimum Gasteiger partial charge on any atom is -0.280 e. The maximum Gasteiger partial charge on any atom is 0.163 e. The molecule has 0 radical (unpaired) electrons. The molecule has 0 aliphatic heterocycles. The molecule has 0 saturated carbocycles. The molecule has 0 unspecified atom stereocenters. The molecule has 0 amide bonds. The van der Waals surface area contributed by atoms with E-state index in [2.05, 4.69) is 32.3 Å². The highest BCUT2D eigenvalue weighted by Gasteiger charge is 2.19. The Morgan fingerprint density at radius 2 is 2.10 bits per heavy atom. The first-order valence-electron chi connectivity index (χ1n) is 6.45. The molecule has 7 heteroatoms. The Morgan fingerprint density at radius 3 is 2.76 bits per heavy atom. The Morgan fingerprint density at radius 1 is 1.33 bits per heavy atom. The van der Waals surface area contributed by atoms with Crippen LogP contribution in [-0.2, 0) is 13.5 Å². The molecule has 21 heavy (non-hydrogen) atoms. The summed E-state index contributed by atoms with van der Waals surface area (Å²) in [4.78, 5) is 4.72. The molecule has 0 aliphatic rings. The van der Waals surface area contributed by atoms with Crippen LogP contribution in [0.5, 0.6) is 0 Å². The van der Waals surface area contributed by atoms with Crippen LogP contribution in [-0.4, -0.2) is 25.2 Å². The summed E-state index contributed by atoms with van der Waals surface area (Å²) < 4.78 is 5.05. The lowest BCUT2D eigenvalue weighted by atomic mass is 10.3. The second-order valence-electron chi connectivity index (χ2n) is 4.78. The van der Waals surface area contributed by atoms with Gasteiger partial charge in [0, 0.05) is 27.9 Å². The Hall–Kier alpha value is -0.790. The molecule has 4 nitrogen and oxygen atoms in total. The van der Waals surface area contributed by atoms with Gasteiger partial charge in [0.1, 0.15) is 11.3 Å². The molecule has 3 aromatic rings. The third-order valence-electron chi connectivity index (χ3n) is 3.34. The molecule has 0 atom stereocenters. The molecular formula is C14H13Cl2IN4. The normalized spacial score (nSPS) is 11.5. The largest absolute Gasteiger partial charge is 0.280 e. The van der Waals surface area contributed by atoms with Crippen LogP contribution in [0.15, 0.2) is 18.2 Å². The summed E-state index contributed by atoms with van der Waals surface area (Å²) in [5, 5.41) is 5.18. The molecule has 3 rings (SSSR count). The van der Waals surface area contributed by atoms with Crippen LogP contribution in [0.2, 0.25) is 5.02 Å². The maximum absolute atomic E-state index is 6.06. The number of fused-ring (bicyclic) bond motifs is 1. The average Bonchev–Trinajstić information content (AvgIpc) is 2.90. The van der Waals surface area contributed by atoms with E-state index in [0.29, 0.717) is 12.3 Å². The molecule has 110 valence electrons. The van der Waals surface area contributed by atoms with E-state index in [9.17, 15) is 0 Å². The highest BCUT2D eigenvalue weighted by molar-refractivity contribution is 14.1. The second kappa shape index (κ2) is 5.78. The van der Waals surface area contributed by atoms with Crippen molar-refractivity contribution in [3.63, 3.8) is 0 Å². The van der Waals surface area contributed by atoms with Crippen molar-refractivity contribution in [1.82, 2.24) is 19.3 Å². The van der Waals surface area contributed by atoms with Crippen molar-refractivity contribution in [3.8, 4) is 5.69 Å². The Labute approximate surface area is 146 Å². The third kappa shape index (κ3) is 2.55. The predicted molar refractivity (Wildman–Crippen MR) is 94.7 cm³/mol. The molecular weight excluding hydrogens is 422 g/mol. The van der Waals surface area contributed by atoms with Gasteiger partial charge in [-0.1, -0.05) is 11.6 Å². The zero-order chi connectivity index (χ0) is 15.1. The summed E-state index contributed by atoms with van der Waals surface area (Å²) in [5.41, 5.74) is 3.87. The zero-order valence-corrected chi connectivity index (χ0v) is 15.2. The minimum absolute atomic E-state index is 0.528. The number of aryl methyl sites for hydroxylation is 3. The number of hydrogen-bond donors (Lipinski definition) is 0. The van der Waals surface area contributed by atoms with E-state index >= 15 is 0 Å². The van der Waals surface area contributed by atoms with Crippen molar-refractivity contribution >= 4 is 57.0 Å². The summed E-state index contributed by atoms with van der Waals surface area (Å²) >= 11 is 14.3. The van der Waals surface area contributed by atoms with Crippen LogP contribution in [0.4, 0.5) is 0 Å². The fourth-order valence-electron chi connectivity index (χ4n) is 2.49. The molecule has 0 aliphatic carbocycles. The first-order chi connectivity index (χ1) is 10.0. The van der Waals surface area contributed by atoms with E-state index in [0.717, 1.165) is 37.0 Å². The second-order valence-corrected chi connectivity index (χ2v) is 6.76. The first-order valence-corrected chi connectivity index (χ1v) is 8.44. The van der Waals surface area contributed by atoms with E-state index < -0.39 is 0 Å². The number of hydrogen-bond acceptors (Lipinski definition) is 2. The number of alkyl halides is 1. The summed E-state index contributed by atoms with van der Waals surface area (Å²) in [6.45, 7) is 1.97. The highest BCUT2D eigenvalue weighted by atomic mass is 127. The third-order valence-corrected chi connectivity index (χ3v) is 4.63. The molecule has 0 bridgehead atoms. The van der Waals surface area contributed by atoms with Crippen LogP contribution >= 0.6 is 45.8 Å². The van der Waals surface area contributed by atoms with E-state index in [1.807, 2.05) is 36.9 Å². The topological polar surface area (TPSA) is 35.6 Å². The summed E-state index contributed by atoms with van der Waals surface area (Å²) in [6.07, 6.45) is 0.703. The zero-order valence-electron chi connectivity index (χ0n) is 11.6. The van der Waals surface area contributed by atoms with Crippen LogP contribution in [0, 0.1) is 10.5 Å². The smallest absolute Gasteiger partial charge is 0.163 e. The summed E-state index contributed by atoms with van der Waals surface area (Å²) in [5.74, 6) is 1.47. The molecule has 2 aromatic heterocycles. The van der Waals surface area contributed by atoms with Gasteiger partial charge in [0.05, 0.1) is 11.4 Å². The monoisotopic (exact) mass is 434 g/mol. The predicted octanol–water partition coefficient (Wildman–Crippen LogP) is 4.11. The average molecular weight is 435 g/mol. The number of rotatable bonds is 3. The van der Waals surface area contributed by atoms with Crippen molar-refractivity contribution in [2.24, 2.45) is 7.05 Å². The van der Waals surface area contributed by atoms with Crippen LogP contribution < -0.4 is 0 Å². The van der Waals surface area contributed by atoms with Gasteiger partial charge in [-0.2, -0.15) is 5.10 Å². The standard InChI is InChI=1S/C14H13Cl2IN4/c1-8-13-14(20(2)19-8)21(12(18-13)5-6-15)11-4-3-9(16)7-10(11)17/h3-4,7H,5-6H2,1-2H3. The van der Waals surface area contributed by atoms with Crippen LogP contribution in [0.25, 0.3) is 16.9 Å². The first kappa shape index (κ1) is 15.1. The van der Waals surface area contributed by atoms with Gasteiger partial charge in [0.2, 0.25) is 0 Å². The fraction of sp³-hybridized carbons (Fsp3) is 0.286. The molecule has 0 N–H and O–H groups in total. The maximum atomic E-state index is 6.06. The lowest BCUT2D eigenvalue weighted by Gasteiger charge is -2.11.